The van der Waals surface area contributed by atoms with E-state index in [1.54, 1.807) is 0 Å². The number of benzene rings is 2. The number of rotatable bonds is 5. The highest BCUT2D eigenvalue weighted by molar-refractivity contribution is 6.31. The number of hydrogen-bond donors (Lipinski definition) is 3. The monoisotopic (exact) mass is 587 g/mol. The van der Waals surface area contributed by atoms with Gasteiger partial charge in [-0.3, -0.25) is 15.1 Å². The van der Waals surface area contributed by atoms with E-state index >= 15 is 0 Å². The van der Waals surface area contributed by atoms with Crippen molar-refractivity contribution in [3.05, 3.63) is 88.2 Å². The van der Waals surface area contributed by atoms with Crippen LogP contribution in [-0.2, 0) is 23.5 Å². The van der Waals surface area contributed by atoms with Crippen LogP contribution in [0.15, 0.2) is 60.8 Å². The quantitative estimate of drug-likeness (QED) is 0.231. The molecule has 0 atom stereocenters. The zero-order valence-electron chi connectivity index (χ0n) is 20.5. The number of carbonyl (C=O) groups excluding carboxylic acids is 2. The SMILES string of the molecule is COC(=O)Nc1nc2ccccc2[nH]1.O=C(NCCc1ncc(C(F)(F)F)cc1Cl)c1ccccc1C(F)(F)F. The second-order valence-corrected chi connectivity index (χ2v) is 8.33. The Kier molecular flexibility index (Phi) is 9.58. The molecule has 0 aliphatic carbocycles. The van der Waals surface area contributed by atoms with Crippen LogP contribution in [0.5, 0.6) is 0 Å². The van der Waals surface area contributed by atoms with Crippen LogP contribution in [0.3, 0.4) is 0 Å². The summed E-state index contributed by atoms with van der Waals surface area (Å²) in [5.41, 5.74) is -0.883. The van der Waals surface area contributed by atoms with Gasteiger partial charge in [0.1, 0.15) is 0 Å². The first kappa shape index (κ1) is 30.2. The third kappa shape index (κ3) is 8.09. The van der Waals surface area contributed by atoms with E-state index in [2.05, 4.69) is 30.3 Å². The van der Waals surface area contributed by atoms with Crippen LogP contribution in [0.1, 0.15) is 27.2 Å². The molecule has 8 nitrogen and oxygen atoms in total. The highest BCUT2D eigenvalue weighted by Gasteiger charge is 2.35. The Labute approximate surface area is 227 Å². The summed E-state index contributed by atoms with van der Waals surface area (Å²) in [4.78, 5) is 33.5. The van der Waals surface area contributed by atoms with Gasteiger partial charge in [-0.2, -0.15) is 26.3 Å². The van der Waals surface area contributed by atoms with Crippen molar-refractivity contribution in [2.45, 2.75) is 18.8 Å². The lowest BCUT2D eigenvalue weighted by Gasteiger charge is -2.13. The number of methoxy groups -OCH3 is 1. The normalized spacial score (nSPS) is 11.4. The number of hydrogen-bond acceptors (Lipinski definition) is 5. The zero-order valence-corrected chi connectivity index (χ0v) is 21.2. The third-order valence-electron chi connectivity index (χ3n) is 5.16. The molecule has 2 aromatic carbocycles. The van der Waals surface area contributed by atoms with Gasteiger partial charge in [0.25, 0.3) is 5.91 Å². The van der Waals surface area contributed by atoms with E-state index in [0.717, 1.165) is 29.2 Å². The summed E-state index contributed by atoms with van der Waals surface area (Å²) in [5.74, 6) is -0.570. The third-order valence-corrected chi connectivity index (χ3v) is 5.49. The number of carbonyl (C=O) groups is 2. The lowest BCUT2D eigenvalue weighted by atomic mass is 10.1. The van der Waals surface area contributed by atoms with E-state index in [1.807, 2.05) is 24.3 Å². The fraction of sp³-hybridized carbons (Fsp3) is 0.200. The van der Waals surface area contributed by atoms with E-state index in [-0.39, 0.29) is 23.7 Å². The molecule has 0 spiro atoms. The van der Waals surface area contributed by atoms with Gasteiger partial charge in [-0.15, -0.1) is 0 Å². The maximum Gasteiger partial charge on any atom is 0.417 e. The topological polar surface area (TPSA) is 109 Å². The number of pyridine rings is 1. The van der Waals surface area contributed by atoms with E-state index in [4.69, 9.17) is 11.6 Å². The molecule has 0 saturated heterocycles. The fourth-order valence-corrected chi connectivity index (χ4v) is 3.54. The number of H-pyrrole nitrogens is 1. The molecule has 15 heteroatoms. The number of nitrogens with zero attached hydrogens (tertiary/aromatic N) is 2. The van der Waals surface area contributed by atoms with Crippen molar-refractivity contribution in [3.8, 4) is 0 Å². The standard InChI is InChI=1S/C16H11ClF6N2O.C9H9N3O2/c17-12-7-9(15(18,19)20)8-25-13(12)5-6-24-14(26)10-3-1-2-4-11(10)16(21,22)23;1-14-9(13)12-8-10-6-4-2-3-5-7(6)11-8/h1-4,7-8H,5-6H2,(H,24,26);2-5H,1H3,(H2,10,11,12,13). The molecule has 40 heavy (non-hydrogen) atoms. The van der Waals surface area contributed by atoms with Crippen LogP contribution < -0.4 is 10.6 Å². The molecule has 0 aliphatic rings. The summed E-state index contributed by atoms with van der Waals surface area (Å²) in [5, 5.41) is 4.48. The minimum atomic E-state index is -4.69. The van der Waals surface area contributed by atoms with Crippen molar-refractivity contribution in [2.24, 2.45) is 0 Å². The number of alkyl halides is 6. The average molecular weight is 588 g/mol. The summed E-state index contributed by atoms with van der Waals surface area (Å²) in [6, 6.07) is 12.5. The maximum absolute atomic E-state index is 12.9. The number of aromatic amines is 1. The van der Waals surface area contributed by atoms with Crippen molar-refractivity contribution in [1.82, 2.24) is 20.3 Å². The molecule has 3 N–H and O–H groups in total. The molecule has 2 amide bonds. The van der Waals surface area contributed by atoms with Gasteiger partial charge in [0.2, 0.25) is 5.95 Å². The van der Waals surface area contributed by atoms with Crippen molar-refractivity contribution < 1.29 is 40.7 Å². The Morgan fingerprint density at radius 2 is 1.68 bits per heavy atom. The van der Waals surface area contributed by atoms with Gasteiger partial charge in [-0.05, 0) is 30.3 Å². The Hall–Kier alpha value is -4.33. The minimum Gasteiger partial charge on any atom is -0.453 e. The van der Waals surface area contributed by atoms with Gasteiger partial charge >= 0.3 is 18.4 Å². The molecule has 4 rings (SSSR count). The molecule has 0 radical (unpaired) electrons. The van der Waals surface area contributed by atoms with E-state index in [0.29, 0.717) is 18.2 Å². The van der Waals surface area contributed by atoms with Crippen LogP contribution in [0.2, 0.25) is 5.02 Å². The number of aromatic nitrogens is 3. The number of amides is 2. The van der Waals surface area contributed by atoms with Crippen LogP contribution in [0.25, 0.3) is 11.0 Å². The summed E-state index contributed by atoms with van der Waals surface area (Å²) in [6.45, 7) is -0.150. The van der Waals surface area contributed by atoms with E-state index < -0.39 is 41.0 Å². The van der Waals surface area contributed by atoms with Crippen molar-refractivity contribution in [1.29, 1.82) is 0 Å². The first-order valence-electron chi connectivity index (χ1n) is 11.3. The molecule has 0 aliphatic heterocycles. The van der Waals surface area contributed by atoms with Gasteiger partial charge < -0.3 is 15.0 Å². The van der Waals surface area contributed by atoms with Crippen molar-refractivity contribution in [2.75, 3.05) is 19.0 Å². The molecule has 2 heterocycles. The largest absolute Gasteiger partial charge is 0.453 e. The molecular formula is C25H20ClF6N5O3. The van der Waals surface area contributed by atoms with Gasteiger partial charge in [0.05, 0.1) is 45.6 Å². The van der Waals surface area contributed by atoms with Crippen LogP contribution >= 0.6 is 11.6 Å². The smallest absolute Gasteiger partial charge is 0.417 e. The first-order valence-corrected chi connectivity index (χ1v) is 11.6. The van der Waals surface area contributed by atoms with Crippen LogP contribution in [-0.4, -0.2) is 40.6 Å². The summed E-state index contributed by atoms with van der Waals surface area (Å²) in [6.07, 6.45) is -9.26. The Bertz CT molecular complexity index is 1460. The van der Waals surface area contributed by atoms with Gasteiger partial charge in [-0.25, -0.2) is 9.78 Å². The summed E-state index contributed by atoms with van der Waals surface area (Å²) in [7, 11) is 1.30. The summed E-state index contributed by atoms with van der Waals surface area (Å²) < 4.78 is 80.7. The number of fused-ring (bicyclic) bond motifs is 1. The number of halogens is 7. The van der Waals surface area contributed by atoms with Crippen molar-refractivity contribution in [3.63, 3.8) is 0 Å². The fourth-order valence-electron chi connectivity index (χ4n) is 3.28. The molecule has 0 saturated carbocycles. The van der Waals surface area contributed by atoms with E-state index in [1.165, 1.54) is 13.2 Å². The number of imidazole rings is 1. The molecule has 212 valence electrons. The van der Waals surface area contributed by atoms with Gasteiger partial charge in [-0.1, -0.05) is 35.9 Å². The molecule has 0 bridgehead atoms. The average Bonchev–Trinajstić information content (AvgIpc) is 3.31. The Morgan fingerprint density at radius 1 is 1.00 bits per heavy atom. The van der Waals surface area contributed by atoms with Gasteiger partial charge in [0, 0.05) is 19.2 Å². The molecule has 4 aromatic rings. The Morgan fingerprint density at radius 3 is 2.30 bits per heavy atom. The molecule has 0 fully saturated rings. The predicted molar refractivity (Wildman–Crippen MR) is 134 cm³/mol. The van der Waals surface area contributed by atoms with E-state index in [9.17, 15) is 35.9 Å². The van der Waals surface area contributed by atoms with Crippen LogP contribution in [0, 0.1) is 0 Å². The zero-order chi connectivity index (χ0) is 29.5. The number of anilines is 1. The molecular weight excluding hydrogens is 568 g/mol. The predicted octanol–water partition coefficient (Wildman–Crippen LogP) is 6.49. The minimum absolute atomic E-state index is 0.0447. The molecule has 2 aromatic heterocycles. The number of para-hydroxylation sites is 2. The van der Waals surface area contributed by atoms with Crippen molar-refractivity contribution >= 4 is 40.6 Å². The van der Waals surface area contributed by atoms with Crippen LogP contribution in [0.4, 0.5) is 37.1 Å². The highest BCUT2D eigenvalue weighted by Crippen LogP contribution is 2.32. The number of ether oxygens (including phenoxy) is 1. The second kappa shape index (κ2) is 12.7. The maximum atomic E-state index is 12.9. The summed E-state index contributed by atoms with van der Waals surface area (Å²) >= 11 is 5.73. The molecule has 0 unspecified atom stereocenters. The number of nitrogens with one attached hydrogen (secondary N) is 3. The Balaban J connectivity index is 0.000000263. The van der Waals surface area contributed by atoms with Gasteiger partial charge in [0.15, 0.2) is 0 Å². The second-order valence-electron chi connectivity index (χ2n) is 7.92. The highest BCUT2D eigenvalue weighted by atomic mass is 35.5. The lowest BCUT2D eigenvalue weighted by molar-refractivity contribution is -0.138. The first-order chi connectivity index (χ1) is 18.8. The lowest BCUT2D eigenvalue weighted by Crippen LogP contribution is -2.28.